The number of benzene rings is 1. The van der Waals surface area contributed by atoms with Gasteiger partial charge >= 0.3 is 0 Å². The number of piperidine rings is 1. The average molecular weight is 384 g/mol. The van der Waals surface area contributed by atoms with Crippen LogP contribution in [0.3, 0.4) is 0 Å². The van der Waals surface area contributed by atoms with E-state index >= 15 is 0 Å². The molecule has 2 aliphatic heterocycles. The number of halogens is 1. The van der Waals surface area contributed by atoms with Crippen molar-refractivity contribution in [2.24, 2.45) is 5.92 Å². The fraction of sp³-hybridized carbons (Fsp3) is 0.500. The first-order valence-electron chi connectivity index (χ1n) is 10.2. The third-order valence-corrected chi connectivity index (χ3v) is 6.11. The Bertz CT molecular complexity index is 771. The molecule has 2 aromatic rings. The zero-order valence-electron chi connectivity index (χ0n) is 16.7. The molecule has 1 aromatic carbocycles. The second-order valence-corrected chi connectivity index (χ2v) is 8.25. The number of hydrazine groups is 1. The zero-order valence-corrected chi connectivity index (χ0v) is 16.7. The number of pyridine rings is 1. The first kappa shape index (κ1) is 19.3. The highest BCUT2D eigenvalue weighted by Crippen LogP contribution is 2.32. The lowest BCUT2D eigenvalue weighted by Gasteiger charge is -2.36. The number of anilines is 1. The van der Waals surface area contributed by atoms with E-state index in [1.165, 1.54) is 11.6 Å². The molecule has 2 unspecified atom stereocenters. The highest BCUT2D eigenvalue weighted by atomic mass is 19.1. The molecule has 2 saturated heterocycles. The lowest BCUT2D eigenvalue weighted by atomic mass is 9.80. The van der Waals surface area contributed by atoms with Gasteiger partial charge in [-0.05, 0) is 61.2 Å². The standard InChI is InChI=1S/C22H30FN5/c1-27(2)21-7-6-16(13-24-21)15-28-10-8-17(9-11-28)22-20(14-25-26-22)18-4-3-5-19(23)12-18/h3-7,12-13,17,20,22,25-26H,8-11,14-15H2,1-2H3. The van der Waals surface area contributed by atoms with Crippen LogP contribution in [0.2, 0.25) is 0 Å². The maximum absolute atomic E-state index is 13.7. The largest absolute Gasteiger partial charge is 0.363 e. The molecule has 0 bridgehead atoms. The number of aromatic nitrogens is 1. The van der Waals surface area contributed by atoms with Gasteiger partial charge in [0.15, 0.2) is 0 Å². The van der Waals surface area contributed by atoms with Crippen LogP contribution in [0.25, 0.3) is 0 Å². The summed E-state index contributed by atoms with van der Waals surface area (Å²) in [4.78, 5) is 9.06. The minimum Gasteiger partial charge on any atom is -0.363 e. The third kappa shape index (κ3) is 4.35. The highest BCUT2D eigenvalue weighted by Gasteiger charge is 2.36. The van der Waals surface area contributed by atoms with Gasteiger partial charge in [-0.3, -0.25) is 15.8 Å². The van der Waals surface area contributed by atoms with Crippen LogP contribution in [0.4, 0.5) is 10.2 Å². The summed E-state index contributed by atoms with van der Waals surface area (Å²) in [5.74, 6) is 1.78. The van der Waals surface area contributed by atoms with Crippen LogP contribution in [0.1, 0.15) is 29.9 Å². The van der Waals surface area contributed by atoms with E-state index in [1.54, 1.807) is 6.07 Å². The summed E-state index contributed by atoms with van der Waals surface area (Å²) >= 11 is 0. The van der Waals surface area contributed by atoms with Gasteiger partial charge in [0, 0.05) is 45.3 Å². The average Bonchev–Trinajstić information content (AvgIpc) is 3.19. The van der Waals surface area contributed by atoms with Crippen LogP contribution in [0, 0.1) is 11.7 Å². The molecule has 0 aliphatic carbocycles. The van der Waals surface area contributed by atoms with Crippen LogP contribution >= 0.6 is 0 Å². The first-order chi connectivity index (χ1) is 13.6. The molecule has 0 saturated carbocycles. The molecule has 5 nitrogen and oxygen atoms in total. The SMILES string of the molecule is CN(C)c1ccc(CN2CCC(C3NNCC3c3cccc(F)c3)CC2)cn1. The monoisotopic (exact) mass is 383 g/mol. The van der Waals surface area contributed by atoms with Crippen molar-refractivity contribution in [3.63, 3.8) is 0 Å². The zero-order chi connectivity index (χ0) is 19.5. The van der Waals surface area contributed by atoms with Crippen molar-refractivity contribution in [1.29, 1.82) is 0 Å². The van der Waals surface area contributed by atoms with E-state index in [4.69, 9.17) is 0 Å². The minimum absolute atomic E-state index is 0.146. The van der Waals surface area contributed by atoms with Crippen molar-refractivity contribution < 1.29 is 4.39 Å². The van der Waals surface area contributed by atoms with E-state index in [-0.39, 0.29) is 5.82 Å². The summed E-state index contributed by atoms with van der Waals surface area (Å²) in [6.45, 7) is 4.00. The van der Waals surface area contributed by atoms with E-state index in [0.29, 0.717) is 17.9 Å². The van der Waals surface area contributed by atoms with Gasteiger partial charge in [-0.1, -0.05) is 18.2 Å². The Hall–Kier alpha value is -2.02. The molecule has 150 valence electrons. The third-order valence-electron chi connectivity index (χ3n) is 6.11. The van der Waals surface area contributed by atoms with E-state index < -0.39 is 0 Å². The second kappa shape index (κ2) is 8.55. The van der Waals surface area contributed by atoms with Gasteiger partial charge in [0.25, 0.3) is 0 Å². The van der Waals surface area contributed by atoms with Gasteiger partial charge in [-0.15, -0.1) is 0 Å². The van der Waals surface area contributed by atoms with Crippen molar-refractivity contribution in [3.8, 4) is 0 Å². The van der Waals surface area contributed by atoms with Gasteiger partial charge in [0.2, 0.25) is 0 Å². The maximum Gasteiger partial charge on any atom is 0.127 e. The van der Waals surface area contributed by atoms with Crippen molar-refractivity contribution >= 4 is 5.82 Å². The highest BCUT2D eigenvalue weighted by molar-refractivity contribution is 5.37. The summed E-state index contributed by atoms with van der Waals surface area (Å²) < 4.78 is 13.7. The number of nitrogens with one attached hydrogen (secondary N) is 2. The van der Waals surface area contributed by atoms with Crippen molar-refractivity contribution in [2.75, 3.05) is 38.6 Å². The first-order valence-corrected chi connectivity index (χ1v) is 10.2. The van der Waals surface area contributed by atoms with Crippen LogP contribution < -0.4 is 15.8 Å². The van der Waals surface area contributed by atoms with Gasteiger partial charge in [-0.25, -0.2) is 9.37 Å². The topological polar surface area (TPSA) is 43.4 Å². The minimum atomic E-state index is -0.146. The summed E-state index contributed by atoms with van der Waals surface area (Å²) in [6, 6.07) is 11.7. The van der Waals surface area contributed by atoms with Gasteiger partial charge < -0.3 is 4.90 Å². The summed E-state index contributed by atoms with van der Waals surface area (Å²) in [5, 5.41) is 0. The Labute approximate surface area is 166 Å². The summed E-state index contributed by atoms with van der Waals surface area (Å²) in [7, 11) is 4.02. The van der Waals surface area contributed by atoms with Crippen molar-refractivity contribution in [2.45, 2.75) is 31.3 Å². The second-order valence-electron chi connectivity index (χ2n) is 8.25. The van der Waals surface area contributed by atoms with E-state index in [2.05, 4.69) is 38.9 Å². The van der Waals surface area contributed by atoms with Gasteiger partial charge in [0.1, 0.15) is 11.6 Å². The molecule has 3 heterocycles. The Morgan fingerprint density at radius 1 is 1.18 bits per heavy atom. The molecular formula is C22H30FN5. The van der Waals surface area contributed by atoms with Crippen LogP contribution in [-0.4, -0.2) is 49.7 Å². The summed E-state index contributed by atoms with van der Waals surface area (Å²) in [5.41, 5.74) is 9.14. The van der Waals surface area contributed by atoms with Crippen LogP contribution in [-0.2, 0) is 6.54 Å². The molecule has 6 heteroatoms. The van der Waals surface area contributed by atoms with Gasteiger partial charge in [-0.2, -0.15) is 0 Å². The smallest absolute Gasteiger partial charge is 0.127 e. The van der Waals surface area contributed by atoms with Gasteiger partial charge in [0.05, 0.1) is 0 Å². The summed E-state index contributed by atoms with van der Waals surface area (Å²) in [6.07, 6.45) is 4.31. The number of nitrogens with zero attached hydrogens (tertiary/aromatic N) is 3. The Kier molecular flexibility index (Phi) is 5.90. The Morgan fingerprint density at radius 3 is 2.68 bits per heavy atom. The lowest BCUT2D eigenvalue weighted by Crippen LogP contribution is -2.44. The number of rotatable bonds is 5. The maximum atomic E-state index is 13.7. The Balaban J connectivity index is 1.33. The predicted octanol–water partition coefficient (Wildman–Crippen LogP) is 2.76. The molecule has 0 spiro atoms. The van der Waals surface area contributed by atoms with E-state index in [9.17, 15) is 4.39 Å². The molecule has 2 aliphatic rings. The quantitative estimate of drug-likeness (QED) is 0.831. The molecule has 1 aromatic heterocycles. The lowest BCUT2D eigenvalue weighted by molar-refractivity contribution is 0.152. The molecule has 28 heavy (non-hydrogen) atoms. The normalized spacial score (nSPS) is 23.8. The number of likely N-dealkylation sites (tertiary alicyclic amines) is 1. The molecule has 0 amide bonds. The van der Waals surface area contributed by atoms with Crippen LogP contribution in [0.5, 0.6) is 0 Å². The molecule has 2 N–H and O–H groups in total. The predicted molar refractivity (Wildman–Crippen MR) is 111 cm³/mol. The van der Waals surface area contributed by atoms with Crippen LogP contribution in [0.15, 0.2) is 42.6 Å². The van der Waals surface area contributed by atoms with E-state index in [1.807, 2.05) is 31.3 Å². The fourth-order valence-corrected chi connectivity index (χ4v) is 4.53. The van der Waals surface area contributed by atoms with Crippen molar-refractivity contribution in [1.82, 2.24) is 20.7 Å². The number of hydrogen-bond donors (Lipinski definition) is 2. The van der Waals surface area contributed by atoms with E-state index in [0.717, 1.165) is 50.4 Å². The molecule has 4 rings (SSSR count). The molecule has 2 atom stereocenters. The fourth-order valence-electron chi connectivity index (χ4n) is 4.53. The molecule has 0 radical (unpaired) electrons. The number of hydrogen-bond acceptors (Lipinski definition) is 5. The molecular weight excluding hydrogens is 353 g/mol. The molecule has 2 fully saturated rings. The Morgan fingerprint density at radius 2 is 2.00 bits per heavy atom. The van der Waals surface area contributed by atoms with Crippen molar-refractivity contribution in [3.05, 3.63) is 59.5 Å².